The molecule has 3 heteroatoms. The van der Waals surface area contributed by atoms with Crippen LogP contribution < -0.4 is 11.1 Å². The number of aromatic amines is 1. The normalized spacial score (nSPS) is 13.1. The summed E-state index contributed by atoms with van der Waals surface area (Å²) in [4.78, 5) is 3.28. The second kappa shape index (κ2) is 5.14. The average Bonchev–Trinajstić information content (AvgIpc) is 2.70. The Balaban J connectivity index is 2.04. The third-order valence-electron chi connectivity index (χ3n) is 2.92. The van der Waals surface area contributed by atoms with Gasteiger partial charge < -0.3 is 16.0 Å². The van der Waals surface area contributed by atoms with Gasteiger partial charge in [0.05, 0.1) is 0 Å². The van der Waals surface area contributed by atoms with Crippen LogP contribution in [-0.4, -0.2) is 17.6 Å². The molecule has 86 valence electrons. The van der Waals surface area contributed by atoms with Crippen LogP contribution in [0.15, 0.2) is 30.5 Å². The first kappa shape index (κ1) is 11.2. The van der Waals surface area contributed by atoms with Gasteiger partial charge in [-0.3, -0.25) is 0 Å². The van der Waals surface area contributed by atoms with Crippen LogP contribution in [0.2, 0.25) is 0 Å². The summed E-state index contributed by atoms with van der Waals surface area (Å²) in [5.74, 6) is 0. The lowest BCUT2D eigenvalue weighted by Gasteiger charge is -2.11. The second-order valence-electron chi connectivity index (χ2n) is 4.22. The Labute approximate surface area is 96.0 Å². The first-order chi connectivity index (χ1) is 7.81. The SMILES string of the molecule is CC(CCN)NCc1c[nH]c2ccccc12. The summed E-state index contributed by atoms with van der Waals surface area (Å²) < 4.78 is 0. The van der Waals surface area contributed by atoms with Crippen LogP contribution >= 0.6 is 0 Å². The number of H-pyrrole nitrogens is 1. The number of nitrogens with two attached hydrogens (primary N) is 1. The molecule has 0 saturated carbocycles. The van der Waals surface area contributed by atoms with Crippen molar-refractivity contribution in [2.75, 3.05) is 6.54 Å². The van der Waals surface area contributed by atoms with Crippen molar-refractivity contribution < 1.29 is 0 Å². The Morgan fingerprint density at radius 2 is 2.19 bits per heavy atom. The van der Waals surface area contributed by atoms with E-state index in [9.17, 15) is 0 Å². The molecule has 0 saturated heterocycles. The minimum Gasteiger partial charge on any atom is -0.361 e. The van der Waals surface area contributed by atoms with Gasteiger partial charge in [-0.05, 0) is 31.5 Å². The molecule has 4 N–H and O–H groups in total. The number of rotatable bonds is 5. The molecule has 1 aromatic carbocycles. The van der Waals surface area contributed by atoms with E-state index in [0.717, 1.165) is 19.5 Å². The predicted molar refractivity (Wildman–Crippen MR) is 68.3 cm³/mol. The number of aromatic nitrogens is 1. The lowest BCUT2D eigenvalue weighted by Crippen LogP contribution is -2.27. The van der Waals surface area contributed by atoms with Crippen LogP contribution in [0.5, 0.6) is 0 Å². The summed E-state index contributed by atoms with van der Waals surface area (Å²) in [5, 5.41) is 4.78. The first-order valence-electron chi connectivity index (χ1n) is 5.79. The van der Waals surface area contributed by atoms with Crippen LogP contribution in [0.3, 0.4) is 0 Å². The maximum absolute atomic E-state index is 5.52. The van der Waals surface area contributed by atoms with Crippen LogP contribution in [0, 0.1) is 0 Å². The second-order valence-corrected chi connectivity index (χ2v) is 4.22. The van der Waals surface area contributed by atoms with Gasteiger partial charge in [0.25, 0.3) is 0 Å². The zero-order valence-electron chi connectivity index (χ0n) is 9.66. The molecule has 1 atom stereocenters. The highest BCUT2D eigenvalue weighted by Gasteiger charge is 2.04. The van der Waals surface area contributed by atoms with Crippen LogP contribution in [0.1, 0.15) is 18.9 Å². The predicted octanol–water partition coefficient (Wildman–Crippen LogP) is 1.99. The maximum Gasteiger partial charge on any atom is 0.0457 e. The Kier molecular flexibility index (Phi) is 3.59. The molecule has 3 nitrogen and oxygen atoms in total. The molecule has 0 aliphatic carbocycles. The van der Waals surface area contributed by atoms with Crippen molar-refractivity contribution in [3.8, 4) is 0 Å². The fourth-order valence-electron chi connectivity index (χ4n) is 1.91. The van der Waals surface area contributed by atoms with E-state index in [-0.39, 0.29) is 0 Å². The molecule has 0 amide bonds. The van der Waals surface area contributed by atoms with E-state index in [4.69, 9.17) is 5.73 Å². The molecular formula is C13H19N3. The number of hydrogen-bond acceptors (Lipinski definition) is 2. The number of hydrogen-bond donors (Lipinski definition) is 3. The van der Waals surface area contributed by atoms with Gasteiger partial charge in [0.2, 0.25) is 0 Å². The van der Waals surface area contributed by atoms with Crippen molar-refractivity contribution in [1.29, 1.82) is 0 Å². The monoisotopic (exact) mass is 217 g/mol. The zero-order valence-corrected chi connectivity index (χ0v) is 9.66. The van der Waals surface area contributed by atoms with Gasteiger partial charge in [0.15, 0.2) is 0 Å². The molecule has 0 spiro atoms. The maximum atomic E-state index is 5.52. The third kappa shape index (κ3) is 2.43. The van der Waals surface area contributed by atoms with Crippen molar-refractivity contribution in [2.45, 2.75) is 25.9 Å². The molecule has 16 heavy (non-hydrogen) atoms. The highest BCUT2D eigenvalue weighted by molar-refractivity contribution is 5.82. The molecule has 2 rings (SSSR count). The highest BCUT2D eigenvalue weighted by atomic mass is 14.9. The number of para-hydroxylation sites is 1. The fourth-order valence-corrected chi connectivity index (χ4v) is 1.91. The van der Waals surface area contributed by atoms with Gasteiger partial charge >= 0.3 is 0 Å². The van der Waals surface area contributed by atoms with Crippen molar-refractivity contribution >= 4 is 10.9 Å². The molecule has 0 radical (unpaired) electrons. The van der Waals surface area contributed by atoms with Crippen molar-refractivity contribution in [3.63, 3.8) is 0 Å². The van der Waals surface area contributed by atoms with E-state index in [2.05, 4.69) is 41.6 Å². The largest absolute Gasteiger partial charge is 0.361 e. The summed E-state index contributed by atoms with van der Waals surface area (Å²) in [7, 11) is 0. The standard InChI is InChI=1S/C13H19N3/c1-10(6-7-14)15-8-11-9-16-13-5-3-2-4-12(11)13/h2-5,9-10,15-16H,6-8,14H2,1H3. The van der Waals surface area contributed by atoms with Crippen molar-refractivity contribution in [3.05, 3.63) is 36.0 Å². The Morgan fingerprint density at radius 1 is 1.38 bits per heavy atom. The molecule has 2 aromatic rings. The first-order valence-corrected chi connectivity index (χ1v) is 5.79. The van der Waals surface area contributed by atoms with Crippen LogP contribution in [-0.2, 0) is 6.54 Å². The van der Waals surface area contributed by atoms with Crippen LogP contribution in [0.4, 0.5) is 0 Å². The van der Waals surface area contributed by atoms with Crippen molar-refractivity contribution in [2.24, 2.45) is 5.73 Å². The lowest BCUT2D eigenvalue weighted by atomic mass is 10.1. The summed E-state index contributed by atoms with van der Waals surface area (Å²) in [5.41, 5.74) is 8.04. The Bertz CT molecular complexity index is 447. The number of nitrogens with one attached hydrogen (secondary N) is 2. The summed E-state index contributed by atoms with van der Waals surface area (Å²) in [6.45, 7) is 3.80. The third-order valence-corrected chi connectivity index (χ3v) is 2.92. The van der Waals surface area contributed by atoms with E-state index < -0.39 is 0 Å². The van der Waals surface area contributed by atoms with Gasteiger partial charge in [-0.1, -0.05) is 18.2 Å². The molecule has 1 unspecified atom stereocenters. The summed E-state index contributed by atoms with van der Waals surface area (Å²) in [6.07, 6.45) is 3.09. The van der Waals surface area contributed by atoms with Gasteiger partial charge in [-0.25, -0.2) is 0 Å². The quantitative estimate of drug-likeness (QED) is 0.717. The zero-order chi connectivity index (χ0) is 11.4. The Morgan fingerprint density at radius 3 is 3.00 bits per heavy atom. The topological polar surface area (TPSA) is 53.8 Å². The smallest absolute Gasteiger partial charge is 0.0457 e. The van der Waals surface area contributed by atoms with E-state index in [1.807, 2.05) is 6.07 Å². The van der Waals surface area contributed by atoms with Gasteiger partial charge in [0.1, 0.15) is 0 Å². The van der Waals surface area contributed by atoms with E-state index in [0.29, 0.717) is 6.04 Å². The lowest BCUT2D eigenvalue weighted by molar-refractivity contribution is 0.521. The molecule has 0 fully saturated rings. The summed E-state index contributed by atoms with van der Waals surface area (Å²) in [6, 6.07) is 8.84. The fraction of sp³-hybridized carbons (Fsp3) is 0.385. The van der Waals surface area contributed by atoms with Gasteiger partial charge in [-0.15, -0.1) is 0 Å². The minimum atomic E-state index is 0.471. The number of benzene rings is 1. The van der Waals surface area contributed by atoms with Gasteiger partial charge in [-0.2, -0.15) is 0 Å². The van der Waals surface area contributed by atoms with E-state index in [1.165, 1.54) is 16.5 Å². The van der Waals surface area contributed by atoms with E-state index >= 15 is 0 Å². The van der Waals surface area contributed by atoms with E-state index in [1.54, 1.807) is 0 Å². The van der Waals surface area contributed by atoms with Crippen LogP contribution in [0.25, 0.3) is 10.9 Å². The summed E-state index contributed by atoms with van der Waals surface area (Å²) >= 11 is 0. The molecule has 1 heterocycles. The average molecular weight is 217 g/mol. The van der Waals surface area contributed by atoms with Gasteiger partial charge in [0, 0.05) is 29.7 Å². The molecule has 0 aliphatic rings. The highest BCUT2D eigenvalue weighted by Crippen LogP contribution is 2.17. The Hall–Kier alpha value is -1.32. The molecule has 1 aromatic heterocycles. The molecule has 0 bridgehead atoms. The number of fused-ring (bicyclic) bond motifs is 1. The van der Waals surface area contributed by atoms with Crippen molar-refractivity contribution in [1.82, 2.24) is 10.3 Å². The molecular weight excluding hydrogens is 198 g/mol. The minimum absolute atomic E-state index is 0.471. The molecule has 0 aliphatic heterocycles.